The minimum absolute atomic E-state index is 0.0302. The number of carbonyl (C=O) groups excluding carboxylic acids is 1. The van der Waals surface area contributed by atoms with Crippen LogP contribution in [0.5, 0.6) is 0 Å². The standard InChI is InChI=1S/C10H9Br3O5S/c11-7-3-6(10(13)8(12)5-7)4-9(14)18-1-2-19(15,16)17/h3,5H,1-2,4H2,(H,15,16,17)/p-1. The van der Waals surface area contributed by atoms with Crippen LogP contribution in [0.25, 0.3) is 0 Å². The zero-order valence-electron chi connectivity index (χ0n) is 9.36. The average molecular weight is 480 g/mol. The van der Waals surface area contributed by atoms with Gasteiger partial charge in [-0.2, -0.15) is 0 Å². The summed E-state index contributed by atoms with van der Waals surface area (Å²) >= 11 is 9.93. The molecule has 0 aliphatic rings. The molecular weight excluding hydrogens is 472 g/mol. The monoisotopic (exact) mass is 477 g/mol. The van der Waals surface area contributed by atoms with E-state index in [1.165, 1.54) is 0 Å². The smallest absolute Gasteiger partial charge is 0.310 e. The highest BCUT2D eigenvalue weighted by Gasteiger charge is 2.12. The van der Waals surface area contributed by atoms with Crippen LogP contribution < -0.4 is 0 Å². The van der Waals surface area contributed by atoms with E-state index in [0.29, 0.717) is 10.0 Å². The number of esters is 1. The molecule has 0 bridgehead atoms. The lowest BCUT2D eigenvalue weighted by Gasteiger charge is -2.09. The number of halogens is 3. The molecule has 0 aromatic heterocycles. The van der Waals surface area contributed by atoms with Crippen molar-refractivity contribution in [3.63, 3.8) is 0 Å². The molecule has 0 heterocycles. The molecule has 0 amide bonds. The van der Waals surface area contributed by atoms with Gasteiger partial charge in [-0.3, -0.25) is 4.79 Å². The number of hydrogen-bond donors (Lipinski definition) is 0. The fourth-order valence-corrected chi connectivity index (χ4v) is 3.17. The van der Waals surface area contributed by atoms with Crippen molar-refractivity contribution in [2.45, 2.75) is 6.42 Å². The largest absolute Gasteiger partial charge is 0.748 e. The van der Waals surface area contributed by atoms with Crippen molar-refractivity contribution in [3.8, 4) is 0 Å². The van der Waals surface area contributed by atoms with Crippen molar-refractivity contribution in [1.29, 1.82) is 0 Å². The van der Waals surface area contributed by atoms with E-state index in [1.54, 1.807) is 6.07 Å². The van der Waals surface area contributed by atoms with Crippen LogP contribution in [0.2, 0.25) is 0 Å². The Bertz CT molecular complexity index is 585. The quantitative estimate of drug-likeness (QED) is 0.368. The van der Waals surface area contributed by atoms with Gasteiger partial charge in [0.25, 0.3) is 0 Å². The second-order valence-electron chi connectivity index (χ2n) is 3.52. The van der Waals surface area contributed by atoms with Crippen molar-refractivity contribution >= 4 is 63.9 Å². The van der Waals surface area contributed by atoms with Crippen LogP contribution in [0.1, 0.15) is 5.56 Å². The van der Waals surface area contributed by atoms with Gasteiger partial charge in [0.05, 0.1) is 22.3 Å². The maximum absolute atomic E-state index is 11.5. The molecule has 0 N–H and O–H groups in total. The number of ether oxygens (including phenoxy) is 1. The Morgan fingerprint density at radius 2 is 1.89 bits per heavy atom. The van der Waals surface area contributed by atoms with Gasteiger partial charge >= 0.3 is 5.97 Å². The van der Waals surface area contributed by atoms with Gasteiger partial charge in [-0.15, -0.1) is 0 Å². The van der Waals surface area contributed by atoms with E-state index in [0.717, 1.165) is 8.95 Å². The summed E-state index contributed by atoms with van der Waals surface area (Å²) in [6.07, 6.45) is -0.0302. The highest BCUT2D eigenvalue weighted by Crippen LogP contribution is 2.31. The lowest BCUT2D eigenvalue weighted by molar-refractivity contribution is -0.142. The van der Waals surface area contributed by atoms with Gasteiger partial charge in [0.1, 0.15) is 6.61 Å². The normalized spacial score (nSPS) is 11.4. The maximum Gasteiger partial charge on any atom is 0.310 e. The van der Waals surface area contributed by atoms with E-state index in [-0.39, 0.29) is 6.42 Å². The highest BCUT2D eigenvalue weighted by molar-refractivity contribution is 9.13. The lowest BCUT2D eigenvalue weighted by Crippen LogP contribution is -2.16. The number of carbonyl (C=O) groups is 1. The summed E-state index contributed by atoms with van der Waals surface area (Å²) in [5.74, 6) is -1.32. The fourth-order valence-electron chi connectivity index (χ4n) is 1.20. The Balaban J connectivity index is 2.63. The van der Waals surface area contributed by atoms with Gasteiger partial charge in [-0.05, 0) is 49.6 Å². The number of rotatable bonds is 5. The molecular formula is C10H8Br3O5S-. The molecule has 0 fully saturated rings. The van der Waals surface area contributed by atoms with Crippen LogP contribution >= 0.6 is 47.8 Å². The van der Waals surface area contributed by atoms with Crippen LogP contribution in [0, 0.1) is 0 Å². The van der Waals surface area contributed by atoms with Gasteiger partial charge < -0.3 is 9.29 Å². The van der Waals surface area contributed by atoms with Crippen molar-refractivity contribution in [1.82, 2.24) is 0 Å². The van der Waals surface area contributed by atoms with E-state index in [4.69, 9.17) is 0 Å². The van der Waals surface area contributed by atoms with Gasteiger partial charge in [-0.25, -0.2) is 8.42 Å². The van der Waals surface area contributed by atoms with Crippen molar-refractivity contribution < 1.29 is 22.5 Å². The average Bonchev–Trinajstić information content (AvgIpc) is 2.23. The summed E-state index contributed by atoms with van der Waals surface area (Å²) in [5, 5.41) is 0. The van der Waals surface area contributed by atoms with Crippen LogP contribution in [0.4, 0.5) is 0 Å². The summed E-state index contributed by atoms with van der Waals surface area (Å²) in [6.45, 7) is -0.433. The Kier molecular flexibility index (Phi) is 6.44. The zero-order valence-corrected chi connectivity index (χ0v) is 14.9. The number of benzene rings is 1. The molecule has 0 radical (unpaired) electrons. The Morgan fingerprint density at radius 3 is 2.47 bits per heavy atom. The fraction of sp³-hybridized carbons (Fsp3) is 0.300. The third kappa shape index (κ3) is 6.35. The summed E-state index contributed by atoms with van der Waals surface area (Å²) < 4.78 is 38.0. The molecule has 0 aliphatic heterocycles. The third-order valence-electron chi connectivity index (χ3n) is 2.00. The summed E-state index contributed by atoms with van der Waals surface area (Å²) in [6, 6.07) is 3.55. The first kappa shape index (κ1) is 17.1. The summed E-state index contributed by atoms with van der Waals surface area (Å²) in [7, 11) is -4.37. The molecule has 0 spiro atoms. The van der Waals surface area contributed by atoms with Crippen LogP contribution in [-0.2, 0) is 26.1 Å². The molecule has 19 heavy (non-hydrogen) atoms. The predicted octanol–water partition coefficient (Wildman–Crippen LogP) is 2.61. The molecule has 0 saturated heterocycles. The topological polar surface area (TPSA) is 83.5 Å². The van der Waals surface area contributed by atoms with E-state index >= 15 is 0 Å². The predicted molar refractivity (Wildman–Crippen MR) is 78.8 cm³/mol. The minimum Gasteiger partial charge on any atom is -0.748 e. The minimum atomic E-state index is -4.37. The van der Waals surface area contributed by atoms with Gasteiger partial charge in [0, 0.05) is 13.4 Å². The van der Waals surface area contributed by atoms with Crippen LogP contribution in [-0.4, -0.2) is 31.3 Å². The Hall–Kier alpha value is 0.0400. The van der Waals surface area contributed by atoms with Crippen molar-refractivity contribution in [2.75, 3.05) is 12.4 Å². The van der Waals surface area contributed by atoms with E-state index in [9.17, 15) is 17.8 Å². The molecule has 0 unspecified atom stereocenters. The zero-order chi connectivity index (χ0) is 14.6. The van der Waals surface area contributed by atoms with Crippen molar-refractivity contribution in [3.05, 3.63) is 31.1 Å². The van der Waals surface area contributed by atoms with E-state index < -0.39 is 28.4 Å². The van der Waals surface area contributed by atoms with Gasteiger partial charge in [-0.1, -0.05) is 15.9 Å². The molecule has 0 saturated carbocycles. The molecule has 106 valence electrons. The first-order valence-corrected chi connectivity index (χ1v) is 8.87. The molecule has 5 nitrogen and oxygen atoms in total. The first-order chi connectivity index (χ1) is 8.69. The number of hydrogen-bond acceptors (Lipinski definition) is 5. The van der Waals surface area contributed by atoms with Crippen molar-refractivity contribution in [2.24, 2.45) is 0 Å². The molecule has 0 atom stereocenters. The van der Waals surface area contributed by atoms with Crippen LogP contribution in [0.15, 0.2) is 25.6 Å². The third-order valence-corrected chi connectivity index (χ3v) is 5.22. The molecule has 9 heteroatoms. The lowest BCUT2D eigenvalue weighted by atomic mass is 10.1. The second-order valence-corrected chi connectivity index (χ2v) is 7.61. The first-order valence-electron chi connectivity index (χ1n) is 4.91. The van der Waals surface area contributed by atoms with Crippen LogP contribution in [0.3, 0.4) is 0 Å². The maximum atomic E-state index is 11.5. The second kappa shape index (κ2) is 7.16. The molecule has 1 aromatic carbocycles. The van der Waals surface area contributed by atoms with E-state index in [1.807, 2.05) is 6.07 Å². The highest BCUT2D eigenvalue weighted by atomic mass is 79.9. The van der Waals surface area contributed by atoms with E-state index in [2.05, 4.69) is 52.5 Å². The van der Waals surface area contributed by atoms with Gasteiger partial charge in [0.15, 0.2) is 0 Å². The molecule has 0 aliphatic carbocycles. The SMILES string of the molecule is O=C(Cc1cc(Br)cc(Br)c1Br)OCCS(=O)(=O)[O-]. The Labute approximate surface area is 135 Å². The summed E-state index contributed by atoms with van der Waals surface area (Å²) in [4.78, 5) is 11.5. The molecule has 1 aromatic rings. The summed E-state index contributed by atoms with van der Waals surface area (Å²) in [5.41, 5.74) is 0.677. The Morgan fingerprint density at radius 1 is 1.26 bits per heavy atom. The van der Waals surface area contributed by atoms with Gasteiger partial charge in [0.2, 0.25) is 0 Å². The molecule has 1 rings (SSSR count).